The molecule has 0 spiro atoms. The topological polar surface area (TPSA) is 112 Å². The molecule has 0 fully saturated rings. The average Bonchev–Trinajstić information content (AvgIpc) is 2.81. The van der Waals surface area contributed by atoms with Gasteiger partial charge < -0.3 is 15.3 Å². The molecule has 7 nitrogen and oxygen atoms in total. The van der Waals surface area contributed by atoms with Crippen molar-refractivity contribution in [3.8, 4) is 0 Å². The van der Waals surface area contributed by atoms with Gasteiger partial charge in [-0.15, -0.1) is 0 Å². The van der Waals surface area contributed by atoms with E-state index in [0.29, 0.717) is 19.3 Å². The minimum Gasteiger partial charge on any atom is -0.477 e. The molecule has 0 rings (SSSR count). The second-order valence-electron chi connectivity index (χ2n) is 9.84. The van der Waals surface area contributed by atoms with Gasteiger partial charge in [0.2, 0.25) is 0 Å². The minimum atomic E-state index is -1.12. The highest BCUT2D eigenvalue weighted by molar-refractivity contribution is 5.78. The van der Waals surface area contributed by atoms with Gasteiger partial charge in [0.25, 0.3) is 0 Å². The molecule has 0 aliphatic heterocycles. The predicted molar refractivity (Wildman–Crippen MR) is 140 cm³/mol. The molecule has 3 N–H and O–H groups in total. The van der Waals surface area contributed by atoms with E-state index in [9.17, 15) is 29.7 Å². The molecule has 0 aromatic heterocycles. The molecule has 0 saturated heterocycles. The molecule has 0 aliphatic rings. The monoisotopic (exact) mass is 498 g/mol. The van der Waals surface area contributed by atoms with Crippen molar-refractivity contribution in [2.24, 2.45) is 0 Å². The number of rotatable bonds is 23. The van der Waals surface area contributed by atoms with E-state index in [2.05, 4.69) is 6.92 Å². The fourth-order valence-corrected chi connectivity index (χ4v) is 5.33. The van der Waals surface area contributed by atoms with Gasteiger partial charge in [0.15, 0.2) is 18.1 Å². The van der Waals surface area contributed by atoms with Gasteiger partial charge in [-0.05, 0) is 38.2 Å². The SMILES string of the molecule is CCCCCCCCCC/C=C/C[N+](C(CCC)C(=O)O)(C(CCC)C(=O)O)C(CCC)C(=O)O. The number of hydrogen-bond donors (Lipinski definition) is 3. The van der Waals surface area contributed by atoms with Crippen LogP contribution in [0.1, 0.15) is 124 Å². The van der Waals surface area contributed by atoms with Crippen LogP contribution < -0.4 is 0 Å². The van der Waals surface area contributed by atoms with Crippen LogP contribution in [0.25, 0.3) is 0 Å². The van der Waals surface area contributed by atoms with E-state index in [1.807, 2.05) is 32.9 Å². The summed E-state index contributed by atoms with van der Waals surface area (Å²) in [6.45, 7) is 7.88. The standard InChI is InChI=1S/C28H51NO6/c1-5-9-10-11-12-13-14-15-16-17-18-22-29(23(19-6-2)26(30)31,24(20-7-3)27(32)33)25(21-8-4)28(34)35/h17-18,23-25H,5-16,19-22H2,1-4H3,(H2-,30,31,32,33,34,35)/p+1/b18-17+. The summed E-state index contributed by atoms with van der Waals surface area (Å²) in [5.41, 5.74) is 0. The molecule has 35 heavy (non-hydrogen) atoms. The van der Waals surface area contributed by atoms with E-state index in [-0.39, 0.29) is 25.8 Å². The zero-order valence-electron chi connectivity index (χ0n) is 22.7. The van der Waals surface area contributed by atoms with Gasteiger partial charge in [-0.1, -0.05) is 78.7 Å². The Morgan fingerprint density at radius 2 is 0.943 bits per heavy atom. The number of quaternary nitrogens is 1. The molecule has 0 radical (unpaired) electrons. The Bertz CT molecular complexity index is 573. The van der Waals surface area contributed by atoms with E-state index >= 15 is 0 Å². The molecule has 0 amide bonds. The number of hydrogen-bond acceptors (Lipinski definition) is 3. The summed E-state index contributed by atoms with van der Waals surface area (Å²) in [5.74, 6) is -3.35. The van der Waals surface area contributed by atoms with Gasteiger partial charge in [0.1, 0.15) is 0 Å². The van der Waals surface area contributed by atoms with Crippen molar-refractivity contribution >= 4 is 17.9 Å². The first-order valence-electron chi connectivity index (χ1n) is 13.9. The Morgan fingerprint density at radius 1 is 0.571 bits per heavy atom. The van der Waals surface area contributed by atoms with Crippen molar-refractivity contribution in [1.82, 2.24) is 0 Å². The van der Waals surface area contributed by atoms with Crippen LogP contribution in [0.2, 0.25) is 0 Å². The first kappa shape index (κ1) is 33.1. The van der Waals surface area contributed by atoms with Gasteiger partial charge in [-0.2, -0.15) is 0 Å². The number of nitrogens with zero attached hydrogens (tertiary/aromatic N) is 1. The molecule has 204 valence electrons. The fourth-order valence-electron chi connectivity index (χ4n) is 5.33. The molecule has 0 aliphatic carbocycles. The molecule has 3 unspecified atom stereocenters. The van der Waals surface area contributed by atoms with E-state index in [1.54, 1.807) is 0 Å². The van der Waals surface area contributed by atoms with Crippen molar-refractivity contribution in [2.45, 2.75) is 142 Å². The summed E-state index contributed by atoms with van der Waals surface area (Å²) in [4.78, 5) is 37.4. The van der Waals surface area contributed by atoms with Crippen molar-refractivity contribution in [3.05, 3.63) is 12.2 Å². The third kappa shape index (κ3) is 11.1. The number of allylic oxidation sites excluding steroid dienone is 1. The van der Waals surface area contributed by atoms with Crippen molar-refractivity contribution < 1.29 is 34.2 Å². The lowest BCUT2D eigenvalue weighted by Crippen LogP contribution is -2.72. The quantitative estimate of drug-likeness (QED) is 0.0826. The minimum absolute atomic E-state index is 0.0991. The van der Waals surface area contributed by atoms with Crippen molar-refractivity contribution in [2.75, 3.05) is 6.54 Å². The second kappa shape index (κ2) is 19.3. The van der Waals surface area contributed by atoms with Gasteiger partial charge in [-0.25, -0.2) is 14.4 Å². The largest absolute Gasteiger partial charge is 0.477 e. The van der Waals surface area contributed by atoms with Crippen LogP contribution in [-0.4, -0.2) is 62.4 Å². The lowest BCUT2D eigenvalue weighted by Gasteiger charge is -2.49. The van der Waals surface area contributed by atoms with Gasteiger partial charge >= 0.3 is 17.9 Å². The van der Waals surface area contributed by atoms with Crippen LogP contribution in [0.3, 0.4) is 0 Å². The maximum Gasteiger partial charge on any atom is 0.362 e. The first-order chi connectivity index (χ1) is 16.7. The molecule has 0 aromatic carbocycles. The third-order valence-electron chi connectivity index (χ3n) is 7.09. The Hall–Kier alpha value is -1.89. The summed E-state index contributed by atoms with van der Waals surface area (Å²) in [6, 6.07) is -3.27. The molecule has 0 heterocycles. The summed E-state index contributed by atoms with van der Waals surface area (Å²) in [6.07, 6.45) is 16.7. The van der Waals surface area contributed by atoms with Crippen LogP contribution in [-0.2, 0) is 14.4 Å². The highest BCUT2D eigenvalue weighted by atomic mass is 16.4. The molecule has 0 bridgehead atoms. The summed E-state index contributed by atoms with van der Waals surface area (Å²) in [7, 11) is 0. The molecular formula is C28H52NO6+. The lowest BCUT2D eigenvalue weighted by atomic mass is 9.92. The third-order valence-corrected chi connectivity index (χ3v) is 7.09. The number of unbranched alkanes of at least 4 members (excludes halogenated alkanes) is 8. The summed E-state index contributed by atoms with van der Waals surface area (Å²) < 4.78 is -0.455. The summed E-state index contributed by atoms with van der Waals surface area (Å²) in [5, 5.41) is 30.6. The summed E-state index contributed by atoms with van der Waals surface area (Å²) >= 11 is 0. The number of carboxylic acids is 3. The average molecular weight is 499 g/mol. The second-order valence-corrected chi connectivity index (χ2v) is 9.84. The van der Waals surface area contributed by atoms with Crippen LogP contribution in [0.5, 0.6) is 0 Å². The van der Waals surface area contributed by atoms with Gasteiger partial charge in [0.05, 0.1) is 6.54 Å². The fraction of sp³-hybridized carbons (Fsp3) is 0.821. The highest BCUT2D eigenvalue weighted by Crippen LogP contribution is 2.33. The normalized spacial score (nSPS) is 16.0. The van der Waals surface area contributed by atoms with Crippen LogP contribution in [0, 0.1) is 0 Å². The highest BCUT2D eigenvalue weighted by Gasteiger charge is 2.56. The number of aliphatic carboxylic acids is 3. The number of carboxylic acid groups (broad SMARTS) is 3. The first-order valence-corrected chi connectivity index (χ1v) is 13.9. The lowest BCUT2D eigenvalue weighted by molar-refractivity contribution is -0.968. The zero-order chi connectivity index (χ0) is 26.7. The van der Waals surface area contributed by atoms with Crippen LogP contribution in [0.15, 0.2) is 12.2 Å². The van der Waals surface area contributed by atoms with Gasteiger partial charge in [-0.3, -0.25) is 4.48 Å². The Kier molecular flexibility index (Phi) is 18.3. The maximum atomic E-state index is 12.5. The Balaban J connectivity index is 5.86. The Morgan fingerprint density at radius 3 is 1.29 bits per heavy atom. The molecule has 0 saturated carbocycles. The molecule has 7 heteroatoms. The molecule has 0 aromatic rings. The van der Waals surface area contributed by atoms with E-state index in [0.717, 1.165) is 19.3 Å². The van der Waals surface area contributed by atoms with Crippen LogP contribution >= 0.6 is 0 Å². The molecule has 3 atom stereocenters. The van der Waals surface area contributed by atoms with E-state index < -0.39 is 40.5 Å². The van der Waals surface area contributed by atoms with Crippen molar-refractivity contribution in [1.29, 1.82) is 0 Å². The zero-order valence-corrected chi connectivity index (χ0v) is 22.7. The van der Waals surface area contributed by atoms with E-state index in [1.165, 1.54) is 38.5 Å². The maximum absolute atomic E-state index is 12.5. The van der Waals surface area contributed by atoms with Crippen LogP contribution in [0.4, 0.5) is 0 Å². The molecular weight excluding hydrogens is 446 g/mol. The van der Waals surface area contributed by atoms with Gasteiger partial charge in [0, 0.05) is 19.3 Å². The smallest absolute Gasteiger partial charge is 0.362 e. The Labute approximate surface area is 213 Å². The van der Waals surface area contributed by atoms with Crippen molar-refractivity contribution in [3.63, 3.8) is 0 Å². The van der Waals surface area contributed by atoms with E-state index in [4.69, 9.17) is 0 Å². The predicted octanol–water partition coefficient (Wildman–Crippen LogP) is 6.65. The number of carbonyl (C=O) groups is 3.